The van der Waals surface area contributed by atoms with Crippen LogP contribution in [0.25, 0.3) is 10.9 Å². The van der Waals surface area contributed by atoms with Crippen LogP contribution in [-0.2, 0) is 4.74 Å². The van der Waals surface area contributed by atoms with Crippen LogP contribution in [0.5, 0.6) is 0 Å². The normalized spacial score (nSPS) is 22.6. The van der Waals surface area contributed by atoms with E-state index >= 15 is 0 Å². The molecule has 3 fully saturated rings. The zero-order valence-corrected chi connectivity index (χ0v) is 27.0. The van der Waals surface area contributed by atoms with Crippen LogP contribution in [-0.4, -0.2) is 84.5 Å². The average Bonchev–Trinajstić information content (AvgIpc) is 3.51. The summed E-state index contributed by atoms with van der Waals surface area (Å²) >= 11 is 0. The second-order valence-electron chi connectivity index (χ2n) is 14.4. The number of aromatic nitrogens is 1. The van der Waals surface area contributed by atoms with E-state index in [-0.39, 0.29) is 18.1 Å². The number of ether oxygens (including phenoxy) is 1. The quantitative estimate of drug-likeness (QED) is 0.334. The van der Waals surface area contributed by atoms with Crippen molar-refractivity contribution in [3.05, 3.63) is 35.9 Å². The maximum Gasteiger partial charge on any atom is 0.407 e. The number of hydrogen-bond acceptors (Lipinski definition) is 7. The van der Waals surface area contributed by atoms with Gasteiger partial charge in [-0.1, -0.05) is 18.2 Å². The number of benzene rings is 1. The highest BCUT2D eigenvalue weighted by molar-refractivity contribution is 6.07. The van der Waals surface area contributed by atoms with E-state index < -0.39 is 5.60 Å². The van der Waals surface area contributed by atoms with Crippen LogP contribution in [0.1, 0.15) is 88.9 Å². The van der Waals surface area contributed by atoms with Gasteiger partial charge in [-0.3, -0.25) is 4.79 Å². The minimum absolute atomic E-state index is 0.0431. The van der Waals surface area contributed by atoms with Crippen LogP contribution in [0.3, 0.4) is 0 Å². The Balaban J connectivity index is 1.11. The lowest BCUT2D eigenvalue weighted by Gasteiger charge is -2.34. The maximum atomic E-state index is 13.6. The number of carbonyl (C=O) groups is 2. The molecule has 0 bridgehead atoms. The van der Waals surface area contributed by atoms with Crippen molar-refractivity contribution in [1.82, 2.24) is 20.5 Å². The Hall–Kier alpha value is -2.91. The Labute approximate surface area is 263 Å². The number of pyridine rings is 1. The number of β-amino-alcohol motifs (C(OH)–C–C–N with tert-alkyl or cyclic N) is 1. The molecule has 2 saturated heterocycles. The standard InChI is InChI=1S/C35H53N5O4/c1-35(2,3)44-34(43)37-23-27-12-10-26(11-13-27)22-36-33(42)30-21-32(38-31-9-5-4-8-29(30)31)40-18-14-25(15-19-40)20-28(41)24-39-16-6-7-17-39/h4-5,8-9,21,25-28,41H,6-7,10-20,22-24H2,1-3H3,(H,36,42)(H,37,43)/t26?,27?,28-/m1/s1. The maximum absolute atomic E-state index is 13.6. The van der Waals surface area contributed by atoms with E-state index in [4.69, 9.17) is 9.72 Å². The number of piperidine rings is 1. The van der Waals surface area contributed by atoms with Gasteiger partial charge in [0.2, 0.25) is 0 Å². The van der Waals surface area contributed by atoms with Gasteiger partial charge >= 0.3 is 6.09 Å². The first-order chi connectivity index (χ1) is 21.1. The number of hydrogen-bond donors (Lipinski definition) is 3. The fourth-order valence-corrected chi connectivity index (χ4v) is 7.15. The van der Waals surface area contributed by atoms with E-state index in [1.54, 1.807) is 0 Å². The van der Waals surface area contributed by atoms with E-state index in [0.717, 1.165) is 94.4 Å². The average molecular weight is 608 g/mol. The van der Waals surface area contributed by atoms with Gasteiger partial charge in [-0.15, -0.1) is 0 Å². The molecular weight excluding hydrogens is 554 g/mol. The van der Waals surface area contributed by atoms with Crippen LogP contribution >= 0.6 is 0 Å². The molecule has 5 rings (SSSR count). The molecular formula is C35H53N5O4. The van der Waals surface area contributed by atoms with Gasteiger partial charge < -0.3 is 30.3 Å². The fraction of sp³-hybridized carbons (Fsp3) is 0.686. The van der Waals surface area contributed by atoms with Crippen molar-refractivity contribution in [2.24, 2.45) is 17.8 Å². The Kier molecular flexibility index (Phi) is 11.0. The number of aliphatic hydroxyl groups excluding tert-OH is 1. The summed E-state index contributed by atoms with van der Waals surface area (Å²) in [5.74, 6) is 2.22. The smallest absolute Gasteiger partial charge is 0.407 e. The number of aliphatic hydroxyl groups is 1. The number of nitrogens with one attached hydrogen (secondary N) is 2. The van der Waals surface area contributed by atoms with Crippen molar-refractivity contribution in [2.75, 3.05) is 50.7 Å². The molecule has 0 unspecified atom stereocenters. The summed E-state index contributed by atoms with van der Waals surface area (Å²) in [5, 5.41) is 17.7. The van der Waals surface area contributed by atoms with Crippen LogP contribution in [0, 0.1) is 17.8 Å². The molecule has 0 spiro atoms. The van der Waals surface area contributed by atoms with Crippen molar-refractivity contribution < 1.29 is 19.4 Å². The Morgan fingerprint density at radius 3 is 2.23 bits per heavy atom. The molecule has 1 aromatic carbocycles. The molecule has 2 aromatic rings. The number of fused-ring (bicyclic) bond motifs is 1. The first-order valence-corrected chi connectivity index (χ1v) is 16.9. The molecule has 0 radical (unpaired) electrons. The number of carbonyl (C=O) groups excluding carboxylic acids is 2. The van der Waals surface area contributed by atoms with Crippen molar-refractivity contribution >= 4 is 28.7 Å². The van der Waals surface area contributed by atoms with E-state index in [1.165, 1.54) is 12.8 Å². The van der Waals surface area contributed by atoms with Gasteiger partial charge in [0.1, 0.15) is 11.4 Å². The number of amides is 2. The van der Waals surface area contributed by atoms with Gasteiger partial charge in [0.25, 0.3) is 5.91 Å². The van der Waals surface area contributed by atoms with Gasteiger partial charge in [-0.05, 0) is 122 Å². The minimum atomic E-state index is -0.491. The third kappa shape index (κ3) is 9.30. The lowest BCUT2D eigenvalue weighted by molar-refractivity contribution is 0.0512. The second kappa shape index (κ2) is 14.9. The van der Waals surface area contributed by atoms with Crippen molar-refractivity contribution in [3.8, 4) is 0 Å². The van der Waals surface area contributed by atoms with Crippen LogP contribution in [0.15, 0.2) is 30.3 Å². The van der Waals surface area contributed by atoms with Gasteiger partial charge in [0, 0.05) is 38.1 Å². The summed E-state index contributed by atoms with van der Waals surface area (Å²) in [6.45, 7) is 11.7. The Morgan fingerprint density at radius 2 is 1.57 bits per heavy atom. The molecule has 2 aliphatic heterocycles. The topological polar surface area (TPSA) is 107 Å². The molecule has 9 nitrogen and oxygen atoms in total. The lowest BCUT2D eigenvalue weighted by Crippen LogP contribution is -2.38. The van der Waals surface area contributed by atoms with Gasteiger partial charge in [0.05, 0.1) is 17.2 Å². The predicted molar refractivity (Wildman–Crippen MR) is 175 cm³/mol. The monoisotopic (exact) mass is 607 g/mol. The highest BCUT2D eigenvalue weighted by Crippen LogP contribution is 2.30. The molecule has 1 aliphatic carbocycles. The van der Waals surface area contributed by atoms with E-state index in [9.17, 15) is 14.7 Å². The van der Waals surface area contributed by atoms with Crippen molar-refractivity contribution in [3.63, 3.8) is 0 Å². The zero-order valence-electron chi connectivity index (χ0n) is 27.0. The van der Waals surface area contributed by atoms with Crippen molar-refractivity contribution in [1.29, 1.82) is 0 Å². The van der Waals surface area contributed by atoms with Gasteiger partial charge in [-0.25, -0.2) is 9.78 Å². The zero-order chi connectivity index (χ0) is 31.1. The van der Waals surface area contributed by atoms with Crippen molar-refractivity contribution in [2.45, 2.75) is 90.3 Å². The highest BCUT2D eigenvalue weighted by Gasteiger charge is 2.27. The first kappa shape index (κ1) is 32.5. The predicted octanol–water partition coefficient (Wildman–Crippen LogP) is 5.36. The molecule has 242 valence electrons. The van der Waals surface area contributed by atoms with Crippen LogP contribution < -0.4 is 15.5 Å². The summed E-state index contributed by atoms with van der Waals surface area (Å²) in [6.07, 6.45) is 8.96. The fourth-order valence-electron chi connectivity index (χ4n) is 7.15. The number of alkyl carbamates (subject to hydrolysis) is 1. The highest BCUT2D eigenvalue weighted by atomic mass is 16.6. The SMILES string of the molecule is CC(C)(C)OC(=O)NCC1CCC(CNC(=O)c2cc(N3CCC(C[C@@H](O)CN4CCCC4)CC3)nc3ccccc23)CC1. The Morgan fingerprint density at radius 1 is 0.932 bits per heavy atom. The molecule has 1 atom stereocenters. The van der Waals surface area contributed by atoms with Crippen LogP contribution in [0.4, 0.5) is 10.6 Å². The minimum Gasteiger partial charge on any atom is -0.444 e. The summed E-state index contributed by atoms with van der Waals surface area (Å²) in [5.41, 5.74) is 1.04. The third-order valence-electron chi connectivity index (χ3n) is 9.61. The number of para-hydroxylation sites is 1. The molecule has 1 aromatic heterocycles. The van der Waals surface area contributed by atoms with E-state index in [0.29, 0.717) is 36.4 Å². The summed E-state index contributed by atoms with van der Waals surface area (Å²) < 4.78 is 5.36. The van der Waals surface area contributed by atoms with E-state index in [2.05, 4.69) is 20.4 Å². The Bertz CT molecular complexity index is 1240. The summed E-state index contributed by atoms with van der Waals surface area (Å²) in [7, 11) is 0. The second-order valence-corrected chi connectivity index (χ2v) is 14.4. The molecule has 1 saturated carbocycles. The number of rotatable bonds is 10. The first-order valence-electron chi connectivity index (χ1n) is 16.9. The number of anilines is 1. The number of nitrogens with zero attached hydrogens (tertiary/aromatic N) is 3. The molecule has 44 heavy (non-hydrogen) atoms. The molecule has 9 heteroatoms. The lowest BCUT2D eigenvalue weighted by atomic mass is 9.82. The summed E-state index contributed by atoms with van der Waals surface area (Å²) in [6, 6.07) is 9.89. The van der Waals surface area contributed by atoms with Gasteiger partial charge in [-0.2, -0.15) is 0 Å². The van der Waals surface area contributed by atoms with Gasteiger partial charge in [0.15, 0.2) is 0 Å². The molecule has 3 N–H and O–H groups in total. The molecule has 3 heterocycles. The third-order valence-corrected chi connectivity index (χ3v) is 9.61. The summed E-state index contributed by atoms with van der Waals surface area (Å²) in [4.78, 5) is 35.2. The van der Waals surface area contributed by atoms with E-state index in [1.807, 2.05) is 51.1 Å². The largest absolute Gasteiger partial charge is 0.444 e. The van der Waals surface area contributed by atoms with Crippen LogP contribution in [0.2, 0.25) is 0 Å². The molecule has 3 aliphatic rings. The molecule has 2 amide bonds. The number of likely N-dealkylation sites (tertiary alicyclic amines) is 1.